The Morgan fingerprint density at radius 1 is 1.15 bits per heavy atom. The van der Waals surface area contributed by atoms with Gasteiger partial charge >= 0.3 is 0 Å². The summed E-state index contributed by atoms with van der Waals surface area (Å²) in [5, 5.41) is 0. The zero-order chi connectivity index (χ0) is 19.3. The van der Waals surface area contributed by atoms with Crippen LogP contribution in [0.4, 0.5) is 5.69 Å². The van der Waals surface area contributed by atoms with Gasteiger partial charge in [-0.05, 0) is 72.8 Å². The lowest BCUT2D eigenvalue weighted by molar-refractivity contribution is 0.0961. The zero-order valence-corrected chi connectivity index (χ0v) is 19.5. The number of amides is 1. The van der Waals surface area contributed by atoms with Crippen LogP contribution >= 0.6 is 55.5 Å². The van der Waals surface area contributed by atoms with E-state index in [0.717, 1.165) is 34.8 Å². The minimum Gasteiger partial charge on any atom is -0.497 e. The average Bonchev–Trinajstić information content (AvgIpc) is 3.04. The van der Waals surface area contributed by atoms with Crippen molar-refractivity contribution in [2.75, 3.05) is 12.0 Å². The maximum atomic E-state index is 13.6. The molecule has 0 atom stereocenters. The molecule has 3 aromatic rings. The summed E-state index contributed by atoms with van der Waals surface area (Å²) in [6.07, 6.45) is 0. The number of carbonyl (C=O) groups is 1. The third kappa shape index (κ3) is 3.04. The molecule has 138 valence electrons. The Kier molecular flexibility index (Phi) is 4.90. The van der Waals surface area contributed by atoms with Crippen LogP contribution in [-0.4, -0.2) is 13.0 Å². The summed E-state index contributed by atoms with van der Waals surface area (Å²) in [6.45, 7) is 4.16. The van der Waals surface area contributed by atoms with Crippen molar-refractivity contribution in [3.05, 3.63) is 60.3 Å². The molecule has 1 aliphatic rings. The van der Waals surface area contributed by atoms with Gasteiger partial charge in [-0.25, -0.2) is 0 Å². The maximum absolute atomic E-state index is 13.6. The van der Waals surface area contributed by atoms with Crippen molar-refractivity contribution in [1.29, 1.82) is 0 Å². The van der Waals surface area contributed by atoms with Crippen LogP contribution in [-0.2, 0) is 5.54 Å². The van der Waals surface area contributed by atoms with E-state index >= 15 is 0 Å². The SMILES string of the molecule is COc1ccc2c(c1)N(C(=O)c1ccc(I)cc1)C(C)(C)c1ssc(=S)c1-2. The van der Waals surface area contributed by atoms with Crippen LogP contribution in [0.2, 0.25) is 0 Å². The van der Waals surface area contributed by atoms with Crippen molar-refractivity contribution in [2.24, 2.45) is 0 Å². The van der Waals surface area contributed by atoms with Crippen LogP contribution in [0.25, 0.3) is 11.1 Å². The Balaban J connectivity index is 1.97. The van der Waals surface area contributed by atoms with E-state index in [0.29, 0.717) is 5.56 Å². The van der Waals surface area contributed by atoms with Gasteiger partial charge in [0.05, 0.1) is 23.2 Å². The molecule has 1 aliphatic heterocycles. The van der Waals surface area contributed by atoms with Gasteiger partial charge in [0.1, 0.15) is 9.57 Å². The quantitative estimate of drug-likeness (QED) is 0.212. The minimum absolute atomic E-state index is 0.0270. The van der Waals surface area contributed by atoms with Gasteiger partial charge in [-0.2, -0.15) is 0 Å². The summed E-state index contributed by atoms with van der Waals surface area (Å²) in [5.74, 6) is 0.694. The van der Waals surface area contributed by atoms with Gasteiger partial charge in [0.25, 0.3) is 5.91 Å². The molecule has 27 heavy (non-hydrogen) atoms. The summed E-state index contributed by atoms with van der Waals surface area (Å²) in [6, 6.07) is 13.5. The number of nitrogens with zero attached hydrogens (tertiary/aromatic N) is 1. The van der Waals surface area contributed by atoms with Gasteiger partial charge in [-0.3, -0.25) is 9.69 Å². The Bertz CT molecular complexity index is 1100. The molecule has 0 N–H and O–H groups in total. The monoisotopic (exact) mass is 525 g/mol. The van der Waals surface area contributed by atoms with E-state index in [-0.39, 0.29) is 5.91 Å². The second-order valence-electron chi connectivity index (χ2n) is 6.75. The second kappa shape index (κ2) is 6.95. The first-order chi connectivity index (χ1) is 12.8. The van der Waals surface area contributed by atoms with Gasteiger partial charge in [0.15, 0.2) is 0 Å². The van der Waals surface area contributed by atoms with E-state index in [1.54, 1.807) is 27.8 Å². The van der Waals surface area contributed by atoms with Crippen molar-refractivity contribution in [2.45, 2.75) is 19.4 Å². The Labute approximate surface area is 184 Å². The molecule has 2 heterocycles. The molecule has 0 bridgehead atoms. The highest BCUT2D eigenvalue weighted by atomic mass is 127. The van der Waals surface area contributed by atoms with Gasteiger partial charge in [-0.1, -0.05) is 32.9 Å². The number of ether oxygens (including phenoxy) is 1. The third-order valence-corrected chi connectivity index (χ3v) is 8.80. The maximum Gasteiger partial charge on any atom is 0.259 e. The predicted molar refractivity (Wildman–Crippen MR) is 124 cm³/mol. The van der Waals surface area contributed by atoms with E-state index < -0.39 is 5.54 Å². The third-order valence-electron chi connectivity index (χ3n) is 4.76. The molecule has 0 saturated carbocycles. The number of carbonyl (C=O) groups excluding carboxylic acids is 1. The molecule has 0 aliphatic carbocycles. The van der Waals surface area contributed by atoms with E-state index in [2.05, 4.69) is 36.4 Å². The molecular formula is C20H16INO2S3. The topological polar surface area (TPSA) is 29.5 Å². The van der Waals surface area contributed by atoms with Crippen molar-refractivity contribution in [1.82, 2.24) is 0 Å². The summed E-state index contributed by atoms with van der Waals surface area (Å²) in [7, 11) is 4.89. The predicted octanol–water partition coefficient (Wildman–Crippen LogP) is 6.71. The molecule has 1 amide bonds. The van der Waals surface area contributed by atoms with E-state index in [1.165, 1.54) is 0 Å². The molecule has 0 spiro atoms. The molecule has 0 fully saturated rings. The van der Waals surface area contributed by atoms with Crippen molar-refractivity contribution in [3.63, 3.8) is 0 Å². The number of halogens is 1. The fourth-order valence-corrected chi connectivity index (χ4v) is 7.06. The minimum atomic E-state index is -0.507. The largest absolute Gasteiger partial charge is 0.497 e. The highest BCUT2D eigenvalue weighted by Gasteiger charge is 2.43. The fourth-order valence-electron chi connectivity index (χ4n) is 3.42. The molecule has 4 rings (SSSR count). The molecule has 2 aromatic carbocycles. The lowest BCUT2D eigenvalue weighted by atomic mass is 9.87. The van der Waals surface area contributed by atoms with Gasteiger partial charge < -0.3 is 4.74 Å². The van der Waals surface area contributed by atoms with Crippen LogP contribution < -0.4 is 9.64 Å². The van der Waals surface area contributed by atoms with Gasteiger partial charge in [0.2, 0.25) is 0 Å². The molecule has 3 nitrogen and oxygen atoms in total. The van der Waals surface area contributed by atoms with Crippen LogP contribution in [0.1, 0.15) is 29.1 Å². The van der Waals surface area contributed by atoms with Crippen LogP contribution in [0, 0.1) is 7.39 Å². The lowest BCUT2D eigenvalue weighted by Gasteiger charge is -2.43. The number of fused-ring (bicyclic) bond motifs is 3. The fraction of sp³-hybridized carbons (Fsp3) is 0.200. The molecule has 0 radical (unpaired) electrons. The Morgan fingerprint density at radius 3 is 2.52 bits per heavy atom. The Morgan fingerprint density at radius 2 is 1.85 bits per heavy atom. The molecule has 0 saturated heterocycles. The first-order valence-electron chi connectivity index (χ1n) is 8.26. The van der Waals surface area contributed by atoms with E-state index in [1.807, 2.05) is 47.4 Å². The zero-order valence-electron chi connectivity index (χ0n) is 14.9. The summed E-state index contributed by atoms with van der Waals surface area (Å²) < 4.78 is 7.41. The highest BCUT2D eigenvalue weighted by Crippen LogP contribution is 2.53. The first-order valence-corrected chi connectivity index (χ1v) is 11.9. The number of rotatable bonds is 2. The smallest absolute Gasteiger partial charge is 0.259 e. The van der Waals surface area contributed by atoms with Crippen molar-refractivity contribution in [3.8, 4) is 16.9 Å². The van der Waals surface area contributed by atoms with E-state index in [9.17, 15) is 4.79 Å². The second-order valence-corrected chi connectivity index (χ2v) is 10.8. The molecule has 0 unspecified atom stereocenters. The molecular weight excluding hydrogens is 509 g/mol. The van der Waals surface area contributed by atoms with Crippen molar-refractivity contribution < 1.29 is 9.53 Å². The van der Waals surface area contributed by atoms with E-state index in [4.69, 9.17) is 17.0 Å². The molecule has 7 heteroatoms. The number of anilines is 1. The van der Waals surface area contributed by atoms with Gasteiger partial charge in [-0.15, -0.1) is 0 Å². The number of benzene rings is 2. The van der Waals surface area contributed by atoms with Crippen molar-refractivity contribution >= 4 is 67.1 Å². The number of hydrogen-bond acceptors (Lipinski definition) is 5. The summed E-state index contributed by atoms with van der Waals surface area (Å²) in [5.41, 5.74) is 3.07. The summed E-state index contributed by atoms with van der Waals surface area (Å²) in [4.78, 5) is 16.6. The lowest BCUT2D eigenvalue weighted by Crippen LogP contribution is -2.47. The number of hydrogen-bond donors (Lipinski definition) is 0. The van der Waals surface area contributed by atoms with Crippen LogP contribution in [0.15, 0.2) is 42.5 Å². The normalized spacial score (nSPS) is 14.4. The number of methoxy groups -OCH3 is 1. The highest BCUT2D eigenvalue weighted by molar-refractivity contribution is 14.1. The van der Waals surface area contributed by atoms with Crippen LogP contribution in [0.5, 0.6) is 5.75 Å². The standard InChI is InChI=1S/C20H16INO2S3/c1-20(2)17-16(19(25)27-26-17)14-9-8-13(24-3)10-15(14)22(20)18(23)11-4-6-12(21)7-5-11/h4-10H,1-3H3. The van der Waals surface area contributed by atoms with Gasteiger partial charge in [0, 0.05) is 26.3 Å². The average molecular weight is 525 g/mol. The van der Waals surface area contributed by atoms with Crippen LogP contribution in [0.3, 0.4) is 0 Å². The first kappa shape index (κ1) is 19.0. The summed E-state index contributed by atoms with van der Waals surface area (Å²) >= 11 is 7.86. The Hall–Kier alpha value is -1.29. The molecule has 1 aromatic heterocycles.